The normalized spacial score (nSPS) is 28.5. The van der Waals surface area contributed by atoms with Gasteiger partial charge in [-0.3, -0.25) is 4.90 Å². The van der Waals surface area contributed by atoms with Gasteiger partial charge in [-0.05, 0) is 57.0 Å². The number of halogens is 1. The summed E-state index contributed by atoms with van der Waals surface area (Å²) in [5.41, 5.74) is 8.06. The minimum Gasteiger partial charge on any atom is -0.370 e. The molecule has 2 aliphatic heterocycles. The molecule has 0 aromatic heterocycles. The average molecular weight is 277 g/mol. The van der Waals surface area contributed by atoms with Crippen LogP contribution in [-0.2, 0) is 0 Å². The summed E-state index contributed by atoms with van der Waals surface area (Å²) in [5.74, 6) is -0.200. The molecule has 0 spiro atoms. The van der Waals surface area contributed by atoms with Crippen molar-refractivity contribution in [2.24, 2.45) is 5.73 Å². The second-order valence-corrected chi connectivity index (χ2v) is 6.28. The summed E-state index contributed by atoms with van der Waals surface area (Å²) >= 11 is 0. The molecule has 0 radical (unpaired) electrons. The number of fused-ring (bicyclic) bond motifs is 2. The molecule has 2 unspecified atom stereocenters. The lowest BCUT2D eigenvalue weighted by molar-refractivity contribution is 0.254. The van der Waals surface area contributed by atoms with Crippen LogP contribution in [0, 0.1) is 5.82 Å². The van der Waals surface area contributed by atoms with Crippen LogP contribution in [0.15, 0.2) is 18.2 Å². The molecule has 3 nitrogen and oxygen atoms in total. The van der Waals surface area contributed by atoms with Crippen LogP contribution in [0.5, 0.6) is 0 Å². The number of nitrogens with two attached hydrogens (primary N) is 1. The standard InChI is InChI=1S/C16H24FN3/c1-11(18)15-9-12(17)3-6-16(15)20-8-7-13-4-5-14(10-20)19(13)2/h3,6,9,11,13-14H,4-5,7-8,10,18H2,1-2H3/t11-,13?,14?/m0/s1. The van der Waals surface area contributed by atoms with Crippen molar-refractivity contribution in [2.45, 2.75) is 44.3 Å². The molecule has 2 bridgehead atoms. The van der Waals surface area contributed by atoms with E-state index >= 15 is 0 Å². The van der Waals surface area contributed by atoms with Crippen LogP contribution in [0.3, 0.4) is 0 Å². The topological polar surface area (TPSA) is 32.5 Å². The first-order valence-electron chi connectivity index (χ1n) is 7.58. The van der Waals surface area contributed by atoms with E-state index in [1.54, 1.807) is 12.1 Å². The van der Waals surface area contributed by atoms with E-state index in [1.807, 2.05) is 13.0 Å². The van der Waals surface area contributed by atoms with Crippen molar-refractivity contribution >= 4 is 5.69 Å². The third-order valence-corrected chi connectivity index (χ3v) is 4.97. The first kappa shape index (κ1) is 13.8. The lowest BCUT2D eigenvalue weighted by atomic mass is 10.0. The quantitative estimate of drug-likeness (QED) is 0.901. The van der Waals surface area contributed by atoms with Gasteiger partial charge in [0.2, 0.25) is 0 Å². The number of likely N-dealkylation sites (N-methyl/N-ethyl adjacent to an activating group) is 1. The van der Waals surface area contributed by atoms with Crippen molar-refractivity contribution in [3.63, 3.8) is 0 Å². The fourth-order valence-electron chi connectivity index (χ4n) is 3.71. The van der Waals surface area contributed by atoms with E-state index in [9.17, 15) is 4.39 Å². The molecule has 2 heterocycles. The predicted molar refractivity (Wildman–Crippen MR) is 80.4 cm³/mol. The van der Waals surface area contributed by atoms with Crippen LogP contribution >= 0.6 is 0 Å². The number of benzene rings is 1. The molecule has 0 aliphatic carbocycles. The monoisotopic (exact) mass is 277 g/mol. The number of nitrogens with zero attached hydrogens (tertiary/aromatic N) is 2. The minimum atomic E-state index is -0.200. The summed E-state index contributed by atoms with van der Waals surface area (Å²) < 4.78 is 13.5. The van der Waals surface area contributed by atoms with Gasteiger partial charge in [-0.25, -0.2) is 4.39 Å². The van der Waals surface area contributed by atoms with Gasteiger partial charge in [-0.1, -0.05) is 0 Å². The Morgan fingerprint density at radius 3 is 2.75 bits per heavy atom. The van der Waals surface area contributed by atoms with Crippen LogP contribution in [0.2, 0.25) is 0 Å². The summed E-state index contributed by atoms with van der Waals surface area (Å²) in [7, 11) is 2.24. The number of hydrogen-bond donors (Lipinski definition) is 1. The van der Waals surface area contributed by atoms with Gasteiger partial charge >= 0.3 is 0 Å². The van der Waals surface area contributed by atoms with E-state index in [4.69, 9.17) is 5.73 Å². The fraction of sp³-hybridized carbons (Fsp3) is 0.625. The highest BCUT2D eigenvalue weighted by Gasteiger charge is 2.35. The maximum absolute atomic E-state index is 13.5. The Hall–Kier alpha value is -1.13. The summed E-state index contributed by atoms with van der Waals surface area (Å²) in [5, 5.41) is 0. The molecule has 1 aromatic carbocycles. The van der Waals surface area contributed by atoms with Gasteiger partial charge < -0.3 is 10.6 Å². The Morgan fingerprint density at radius 2 is 2.00 bits per heavy atom. The van der Waals surface area contributed by atoms with Gasteiger partial charge in [0.25, 0.3) is 0 Å². The smallest absolute Gasteiger partial charge is 0.123 e. The summed E-state index contributed by atoms with van der Waals surface area (Å²) in [4.78, 5) is 4.92. The van der Waals surface area contributed by atoms with E-state index in [0.29, 0.717) is 12.1 Å². The number of rotatable bonds is 2. The van der Waals surface area contributed by atoms with Gasteiger partial charge in [0.1, 0.15) is 5.82 Å². The summed E-state index contributed by atoms with van der Waals surface area (Å²) in [6.45, 7) is 3.99. The Bertz CT molecular complexity index is 489. The number of anilines is 1. The minimum absolute atomic E-state index is 0.140. The molecule has 110 valence electrons. The first-order valence-corrected chi connectivity index (χ1v) is 7.58. The fourth-order valence-corrected chi connectivity index (χ4v) is 3.71. The molecule has 20 heavy (non-hydrogen) atoms. The Kier molecular flexibility index (Phi) is 3.69. The molecule has 0 amide bonds. The van der Waals surface area contributed by atoms with Gasteiger partial charge in [-0.2, -0.15) is 0 Å². The predicted octanol–water partition coefficient (Wildman–Crippen LogP) is 2.52. The molecule has 3 rings (SSSR count). The van der Waals surface area contributed by atoms with Gasteiger partial charge in [0, 0.05) is 36.9 Å². The molecule has 3 atom stereocenters. The first-order chi connectivity index (χ1) is 9.56. The zero-order valence-corrected chi connectivity index (χ0v) is 12.3. The molecule has 2 N–H and O–H groups in total. The highest BCUT2D eigenvalue weighted by molar-refractivity contribution is 5.55. The van der Waals surface area contributed by atoms with Crippen molar-refractivity contribution in [1.29, 1.82) is 0 Å². The maximum Gasteiger partial charge on any atom is 0.123 e. The molecule has 2 fully saturated rings. The number of hydrogen-bond acceptors (Lipinski definition) is 3. The second kappa shape index (κ2) is 5.34. The SMILES string of the molecule is C[C@H](N)c1cc(F)ccc1N1CCC2CCC(C1)N2C. The second-order valence-electron chi connectivity index (χ2n) is 6.28. The zero-order chi connectivity index (χ0) is 14.3. The van der Waals surface area contributed by atoms with E-state index in [1.165, 1.54) is 19.3 Å². The Labute approximate surface area is 120 Å². The van der Waals surface area contributed by atoms with Crippen LogP contribution in [0.1, 0.15) is 37.8 Å². The molecule has 4 heteroatoms. The third kappa shape index (κ3) is 2.42. The van der Waals surface area contributed by atoms with Gasteiger partial charge in [-0.15, -0.1) is 0 Å². The molecule has 2 saturated heterocycles. The summed E-state index contributed by atoms with van der Waals surface area (Å²) in [6, 6.07) is 6.23. The molecule has 2 aliphatic rings. The van der Waals surface area contributed by atoms with Gasteiger partial charge in [0.05, 0.1) is 0 Å². The lowest BCUT2D eigenvalue weighted by Gasteiger charge is -2.30. The molecule has 0 saturated carbocycles. The maximum atomic E-state index is 13.5. The van der Waals surface area contributed by atoms with Crippen LogP contribution in [-0.4, -0.2) is 37.1 Å². The zero-order valence-electron chi connectivity index (χ0n) is 12.3. The van der Waals surface area contributed by atoms with E-state index in [0.717, 1.165) is 24.3 Å². The van der Waals surface area contributed by atoms with Crippen LogP contribution in [0.4, 0.5) is 10.1 Å². The Balaban J connectivity index is 1.89. The van der Waals surface area contributed by atoms with Crippen LogP contribution in [0.25, 0.3) is 0 Å². The van der Waals surface area contributed by atoms with Crippen molar-refractivity contribution in [3.8, 4) is 0 Å². The van der Waals surface area contributed by atoms with E-state index in [2.05, 4.69) is 16.8 Å². The van der Waals surface area contributed by atoms with Crippen LogP contribution < -0.4 is 10.6 Å². The third-order valence-electron chi connectivity index (χ3n) is 4.97. The molecular formula is C16H24FN3. The van der Waals surface area contributed by atoms with Crippen molar-refractivity contribution in [3.05, 3.63) is 29.6 Å². The van der Waals surface area contributed by atoms with Gasteiger partial charge in [0.15, 0.2) is 0 Å². The molecule has 1 aromatic rings. The highest BCUT2D eigenvalue weighted by Crippen LogP contribution is 2.33. The van der Waals surface area contributed by atoms with E-state index in [-0.39, 0.29) is 11.9 Å². The Morgan fingerprint density at radius 1 is 1.25 bits per heavy atom. The average Bonchev–Trinajstić information content (AvgIpc) is 2.64. The summed E-state index contributed by atoms with van der Waals surface area (Å²) in [6.07, 6.45) is 3.77. The largest absolute Gasteiger partial charge is 0.370 e. The van der Waals surface area contributed by atoms with Crippen molar-refractivity contribution in [2.75, 3.05) is 25.0 Å². The van der Waals surface area contributed by atoms with Crippen molar-refractivity contribution in [1.82, 2.24) is 4.90 Å². The highest BCUT2D eigenvalue weighted by atomic mass is 19.1. The van der Waals surface area contributed by atoms with Crippen molar-refractivity contribution < 1.29 is 4.39 Å². The lowest BCUT2D eigenvalue weighted by Crippen LogP contribution is -2.37. The van der Waals surface area contributed by atoms with E-state index < -0.39 is 0 Å². The molecular weight excluding hydrogens is 253 g/mol.